The monoisotopic (exact) mass is 305 g/mol. The number of nitrogens with zero attached hydrogens (tertiary/aromatic N) is 1. The molecule has 0 aliphatic carbocycles. The highest BCUT2D eigenvalue weighted by molar-refractivity contribution is 8.00. The van der Waals surface area contributed by atoms with Crippen molar-refractivity contribution in [3.8, 4) is 0 Å². The number of rotatable bonds is 5. The Bertz CT molecular complexity index is 479. The zero-order valence-corrected chi connectivity index (χ0v) is 14.2. The summed E-state index contributed by atoms with van der Waals surface area (Å²) in [4.78, 5) is 4.31. The summed E-state index contributed by atoms with van der Waals surface area (Å²) in [5.74, 6) is 2.20. The zero-order chi connectivity index (χ0) is 15.1. The first-order valence-electron chi connectivity index (χ1n) is 7.75. The van der Waals surface area contributed by atoms with E-state index in [0.717, 1.165) is 25.5 Å². The van der Waals surface area contributed by atoms with Crippen LogP contribution in [0.5, 0.6) is 0 Å². The van der Waals surface area contributed by atoms with Gasteiger partial charge in [-0.15, -0.1) is 0 Å². The maximum absolute atomic E-state index is 4.31. The van der Waals surface area contributed by atoms with Crippen LogP contribution in [-0.2, 0) is 6.42 Å². The molecule has 1 heterocycles. The minimum atomic E-state index is 0.369. The number of benzene rings is 1. The Hall–Kier alpha value is -1.16. The number of thioether (sulfide) groups is 1. The number of hydrogen-bond acceptors (Lipinski definition) is 2. The SMILES string of the molecule is CN=C(NCCc1cccc(C)c1)NCC1(C)CCCS1. The van der Waals surface area contributed by atoms with E-state index in [9.17, 15) is 0 Å². The van der Waals surface area contributed by atoms with Crippen molar-refractivity contribution < 1.29 is 0 Å². The lowest BCUT2D eigenvalue weighted by Crippen LogP contribution is -2.44. The van der Waals surface area contributed by atoms with E-state index in [1.165, 1.54) is 29.7 Å². The standard InChI is InChI=1S/C17H27N3S/c1-14-6-4-7-15(12-14)8-10-19-16(18-3)20-13-17(2)9-5-11-21-17/h4,6-7,12H,5,8-11,13H2,1-3H3,(H2,18,19,20). The molecule has 1 aliphatic rings. The fourth-order valence-corrected chi connectivity index (χ4v) is 3.90. The van der Waals surface area contributed by atoms with Crippen LogP contribution >= 0.6 is 11.8 Å². The van der Waals surface area contributed by atoms with Crippen molar-refractivity contribution in [1.29, 1.82) is 0 Å². The number of hydrogen-bond donors (Lipinski definition) is 2. The molecular weight excluding hydrogens is 278 g/mol. The van der Waals surface area contributed by atoms with E-state index in [0.29, 0.717) is 4.75 Å². The third-order valence-corrected chi connectivity index (χ3v) is 5.48. The van der Waals surface area contributed by atoms with Crippen LogP contribution in [0.2, 0.25) is 0 Å². The molecule has 3 nitrogen and oxygen atoms in total. The van der Waals surface area contributed by atoms with Crippen molar-refractivity contribution in [3.63, 3.8) is 0 Å². The van der Waals surface area contributed by atoms with Gasteiger partial charge in [-0.3, -0.25) is 4.99 Å². The van der Waals surface area contributed by atoms with Gasteiger partial charge in [-0.25, -0.2) is 0 Å². The molecule has 2 N–H and O–H groups in total. The molecule has 1 atom stereocenters. The van der Waals surface area contributed by atoms with E-state index < -0.39 is 0 Å². The van der Waals surface area contributed by atoms with Crippen molar-refractivity contribution in [1.82, 2.24) is 10.6 Å². The molecule has 1 aromatic carbocycles. The molecule has 0 aromatic heterocycles. The van der Waals surface area contributed by atoms with Crippen LogP contribution in [0.3, 0.4) is 0 Å². The topological polar surface area (TPSA) is 36.4 Å². The third-order valence-electron chi connectivity index (χ3n) is 3.94. The van der Waals surface area contributed by atoms with Crippen LogP contribution in [0.1, 0.15) is 30.9 Å². The fourth-order valence-electron chi connectivity index (χ4n) is 2.66. The molecule has 1 unspecified atom stereocenters. The Morgan fingerprint density at radius 3 is 2.90 bits per heavy atom. The number of nitrogens with one attached hydrogen (secondary N) is 2. The molecule has 0 saturated carbocycles. The van der Waals surface area contributed by atoms with Crippen molar-refractivity contribution in [2.24, 2.45) is 4.99 Å². The summed E-state index contributed by atoms with van der Waals surface area (Å²) in [6.07, 6.45) is 3.65. The predicted octanol–water partition coefficient (Wildman–Crippen LogP) is 2.99. The van der Waals surface area contributed by atoms with E-state index in [1.807, 2.05) is 7.05 Å². The molecule has 1 aliphatic heterocycles. The summed E-state index contributed by atoms with van der Waals surface area (Å²) >= 11 is 2.07. The molecule has 0 spiro atoms. The van der Waals surface area contributed by atoms with Gasteiger partial charge in [0, 0.05) is 24.9 Å². The lowest BCUT2D eigenvalue weighted by Gasteiger charge is -2.24. The molecule has 0 bridgehead atoms. The van der Waals surface area contributed by atoms with Crippen LogP contribution in [-0.4, -0.2) is 36.6 Å². The summed E-state index contributed by atoms with van der Waals surface area (Å²) in [5.41, 5.74) is 2.69. The molecule has 21 heavy (non-hydrogen) atoms. The van der Waals surface area contributed by atoms with Crippen molar-refractivity contribution >= 4 is 17.7 Å². The van der Waals surface area contributed by atoms with Gasteiger partial charge in [-0.05, 0) is 44.4 Å². The summed E-state index contributed by atoms with van der Waals surface area (Å²) in [6.45, 7) is 6.38. The maximum Gasteiger partial charge on any atom is 0.191 e. The van der Waals surface area contributed by atoms with Gasteiger partial charge in [0.1, 0.15) is 0 Å². The van der Waals surface area contributed by atoms with E-state index in [-0.39, 0.29) is 0 Å². The lowest BCUT2D eigenvalue weighted by molar-refractivity contribution is 0.584. The Morgan fingerprint density at radius 1 is 1.38 bits per heavy atom. The Labute approximate surface area is 133 Å². The molecule has 0 amide bonds. The third kappa shape index (κ3) is 5.27. The Kier molecular flexibility index (Phi) is 5.97. The first-order valence-corrected chi connectivity index (χ1v) is 8.74. The molecule has 1 saturated heterocycles. The van der Waals surface area contributed by atoms with Crippen LogP contribution in [0.4, 0.5) is 0 Å². The quantitative estimate of drug-likeness (QED) is 0.648. The lowest BCUT2D eigenvalue weighted by atomic mass is 10.1. The summed E-state index contributed by atoms with van der Waals surface area (Å²) in [6, 6.07) is 8.68. The van der Waals surface area contributed by atoms with Crippen molar-refractivity contribution in [3.05, 3.63) is 35.4 Å². The second-order valence-corrected chi connectivity index (χ2v) is 7.68. The van der Waals surface area contributed by atoms with Crippen LogP contribution in [0.25, 0.3) is 0 Å². The van der Waals surface area contributed by atoms with E-state index in [2.05, 4.69) is 65.5 Å². The molecule has 1 aromatic rings. The van der Waals surface area contributed by atoms with Crippen LogP contribution in [0.15, 0.2) is 29.3 Å². The molecule has 4 heteroatoms. The van der Waals surface area contributed by atoms with Gasteiger partial charge < -0.3 is 10.6 Å². The van der Waals surface area contributed by atoms with Crippen LogP contribution in [0, 0.1) is 6.92 Å². The van der Waals surface area contributed by atoms with E-state index >= 15 is 0 Å². The van der Waals surface area contributed by atoms with E-state index in [4.69, 9.17) is 0 Å². The van der Waals surface area contributed by atoms with E-state index in [1.54, 1.807) is 0 Å². The first-order chi connectivity index (χ1) is 10.1. The molecular formula is C17H27N3S. The highest BCUT2D eigenvalue weighted by Gasteiger charge is 2.29. The Balaban J connectivity index is 1.73. The molecule has 116 valence electrons. The molecule has 2 rings (SSSR count). The second kappa shape index (κ2) is 7.74. The Morgan fingerprint density at radius 2 is 2.24 bits per heavy atom. The number of aryl methyl sites for hydroxylation is 1. The average molecular weight is 305 g/mol. The summed E-state index contributed by atoms with van der Waals surface area (Å²) in [5, 5.41) is 6.88. The number of guanidine groups is 1. The van der Waals surface area contributed by atoms with Crippen LogP contribution < -0.4 is 10.6 Å². The molecule has 1 fully saturated rings. The van der Waals surface area contributed by atoms with Gasteiger partial charge in [0.15, 0.2) is 5.96 Å². The van der Waals surface area contributed by atoms with Gasteiger partial charge in [0.25, 0.3) is 0 Å². The minimum absolute atomic E-state index is 0.369. The van der Waals surface area contributed by atoms with Gasteiger partial charge in [-0.2, -0.15) is 11.8 Å². The van der Waals surface area contributed by atoms with Gasteiger partial charge in [0.2, 0.25) is 0 Å². The minimum Gasteiger partial charge on any atom is -0.356 e. The van der Waals surface area contributed by atoms with Gasteiger partial charge in [-0.1, -0.05) is 29.8 Å². The fraction of sp³-hybridized carbons (Fsp3) is 0.588. The largest absolute Gasteiger partial charge is 0.356 e. The molecule has 0 radical (unpaired) electrons. The average Bonchev–Trinajstić information content (AvgIpc) is 2.90. The van der Waals surface area contributed by atoms with Crippen molar-refractivity contribution in [2.75, 3.05) is 25.9 Å². The number of aliphatic imine (C=N–C) groups is 1. The smallest absolute Gasteiger partial charge is 0.191 e. The van der Waals surface area contributed by atoms with Gasteiger partial charge >= 0.3 is 0 Å². The van der Waals surface area contributed by atoms with Crippen molar-refractivity contribution in [2.45, 2.75) is 37.9 Å². The zero-order valence-electron chi connectivity index (χ0n) is 13.4. The second-order valence-electron chi connectivity index (χ2n) is 5.99. The summed E-state index contributed by atoms with van der Waals surface area (Å²) in [7, 11) is 1.84. The van der Waals surface area contributed by atoms with Gasteiger partial charge in [0.05, 0.1) is 0 Å². The predicted molar refractivity (Wildman–Crippen MR) is 94.3 cm³/mol. The highest BCUT2D eigenvalue weighted by atomic mass is 32.2. The highest BCUT2D eigenvalue weighted by Crippen LogP contribution is 2.36. The maximum atomic E-state index is 4.31. The first kappa shape index (κ1) is 16.2. The summed E-state index contributed by atoms with van der Waals surface area (Å²) < 4.78 is 0.369. The normalized spacial score (nSPS) is 22.3.